The van der Waals surface area contributed by atoms with Crippen molar-refractivity contribution in [2.45, 2.75) is 6.92 Å². The van der Waals surface area contributed by atoms with Crippen LogP contribution in [0.15, 0.2) is 11.6 Å². The Kier molecular flexibility index (Phi) is 7.60. The summed E-state index contributed by atoms with van der Waals surface area (Å²) >= 11 is 0. The molecular weight excluding hydrogens is 168 g/mol. The predicted octanol–water partition coefficient (Wildman–Crippen LogP) is -0.482. The Morgan fingerprint density at radius 3 is 1.67 bits per heavy atom. The van der Waals surface area contributed by atoms with E-state index >= 15 is 0 Å². The second kappa shape index (κ2) is 7.17. The normalized spacial score (nSPS) is 8.92. The maximum atomic E-state index is 9.90. The smallest absolute Gasteiger partial charge is 0.373 e. The molecule has 0 saturated carbocycles. The molecule has 0 aliphatic heterocycles. The number of carbonyl (C=O) groups excluding carboxylic acids is 2. The second-order valence-corrected chi connectivity index (χ2v) is 1.55. The van der Waals surface area contributed by atoms with E-state index in [1.165, 1.54) is 6.92 Å². The van der Waals surface area contributed by atoms with Crippen LogP contribution in [0.25, 0.3) is 0 Å². The van der Waals surface area contributed by atoms with Crippen LogP contribution in [-0.4, -0.2) is 28.3 Å². The Labute approximate surface area is 67.1 Å². The first-order valence-electron chi connectivity index (χ1n) is 2.59. The summed E-state index contributed by atoms with van der Waals surface area (Å²) in [6, 6.07) is 0. The van der Waals surface area contributed by atoms with Gasteiger partial charge in [-0.25, -0.2) is 9.59 Å². The van der Waals surface area contributed by atoms with Crippen molar-refractivity contribution in [2.24, 2.45) is 0 Å². The summed E-state index contributed by atoms with van der Waals surface area (Å²) in [7, 11) is 0. The van der Waals surface area contributed by atoms with Gasteiger partial charge in [-0.2, -0.15) is 9.59 Å². The summed E-state index contributed by atoms with van der Waals surface area (Å²) < 4.78 is 0. The van der Waals surface area contributed by atoms with Gasteiger partial charge in [0, 0.05) is 11.6 Å². The highest BCUT2D eigenvalue weighted by atomic mass is 16.4. The summed E-state index contributed by atoms with van der Waals surface area (Å²) in [6.07, 6.45) is 0.891. The Hall–Kier alpha value is -1.94. The first-order chi connectivity index (χ1) is 5.45. The van der Waals surface area contributed by atoms with Crippen LogP contribution >= 0.6 is 0 Å². The summed E-state index contributed by atoms with van der Waals surface area (Å²) in [4.78, 5) is 35.9. The van der Waals surface area contributed by atoms with Gasteiger partial charge in [-0.1, -0.05) is 0 Å². The molecule has 0 atom stereocenters. The number of carboxylic acids is 2. The van der Waals surface area contributed by atoms with Gasteiger partial charge < -0.3 is 10.2 Å². The van der Waals surface area contributed by atoms with Crippen molar-refractivity contribution in [3.05, 3.63) is 11.6 Å². The lowest BCUT2D eigenvalue weighted by Crippen LogP contribution is -1.99. The van der Waals surface area contributed by atoms with E-state index in [1.54, 1.807) is 0 Å². The number of aliphatic carboxylic acids is 2. The third-order valence-electron chi connectivity index (χ3n) is 0.677. The van der Waals surface area contributed by atoms with Crippen LogP contribution in [-0.2, 0) is 19.2 Å². The quantitative estimate of drug-likeness (QED) is 0.547. The molecule has 6 nitrogen and oxygen atoms in total. The molecule has 0 radical (unpaired) electrons. The van der Waals surface area contributed by atoms with E-state index in [1.807, 2.05) is 0 Å². The van der Waals surface area contributed by atoms with Crippen molar-refractivity contribution < 1.29 is 29.4 Å². The van der Waals surface area contributed by atoms with Crippen molar-refractivity contribution in [2.75, 3.05) is 0 Å². The number of hydrogen-bond donors (Lipinski definition) is 2. The molecule has 0 aromatic carbocycles. The van der Waals surface area contributed by atoms with E-state index in [0.29, 0.717) is 6.08 Å². The Balaban J connectivity index is 0. The zero-order valence-electron chi connectivity index (χ0n) is 6.10. The molecule has 0 aliphatic carbocycles. The van der Waals surface area contributed by atoms with Crippen LogP contribution < -0.4 is 0 Å². The molecule has 0 bridgehead atoms. The molecule has 6 heteroatoms. The molecule has 0 aliphatic rings. The number of carbonyl (C=O) groups is 2. The van der Waals surface area contributed by atoms with Crippen LogP contribution in [0.1, 0.15) is 6.92 Å². The van der Waals surface area contributed by atoms with Gasteiger partial charge >= 0.3 is 18.1 Å². The standard InChI is InChI=1S/C5H6O4.CO2/c1-3(5(8)9)2-4(6)7;2-1-3/h2H,1H3,(H,6,7)(H,8,9);/b3-2+;. The highest BCUT2D eigenvalue weighted by Gasteiger charge is 2.00. The lowest BCUT2D eigenvalue weighted by molar-refractivity contribution is -0.191. The molecule has 0 saturated heterocycles. The van der Waals surface area contributed by atoms with Crippen molar-refractivity contribution in [1.82, 2.24) is 0 Å². The van der Waals surface area contributed by atoms with Gasteiger partial charge in [-0.15, -0.1) is 0 Å². The van der Waals surface area contributed by atoms with Gasteiger partial charge in [0.2, 0.25) is 0 Å². The monoisotopic (exact) mass is 174 g/mol. The van der Waals surface area contributed by atoms with Crippen LogP contribution in [0.2, 0.25) is 0 Å². The van der Waals surface area contributed by atoms with Crippen molar-refractivity contribution in [3.63, 3.8) is 0 Å². The lowest BCUT2D eigenvalue weighted by Gasteiger charge is -1.86. The molecule has 0 fully saturated rings. The molecular formula is C6H6O6. The summed E-state index contributed by atoms with van der Waals surface area (Å²) in [5.74, 6) is -2.45. The maximum Gasteiger partial charge on any atom is 0.373 e. The fourth-order valence-corrected chi connectivity index (χ4v) is 0.247. The average molecular weight is 174 g/mol. The zero-order chi connectivity index (χ0) is 10.1. The molecule has 0 aromatic heterocycles. The van der Waals surface area contributed by atoms with Gasteiger partial charge in [0.1, 0.15) is 0 Å². The highest BCUT2D eigenvalue weighted by molar-refractivity contribution is 5.93. The van der Waals surface area contributed by atoms with Gasteiger partial charge in [0.25, 0.3) is 0 Å². The van der Waals surface area contributed by atoms with Crippen molar-refractivity contribution >= 4 is 18.1 Å². The van der Waals surface area contributed by atoms with Gasteiger partial charge in [-0.05, 0) is 6.92 Å². The highest BCUT2D eigenvalue weighted by Crippen LogP contribution is 1.89. The van der Waals surface area contributed by atoms with Crippen LogP contribution in [0, 0.1) is 0 Å². The van der Waals surface area contributed by atoms with E-state index in [2.05, 4.69) is 0 Å². The molecule has 66 valence electrons. The van der Waals surface area contributed by atoms with Crippen LogP contribution in [0.3, 0.4) is 0 Å². The molecule has 0 rings (SSSR count). The second-order valence-electron chi connectivity index (χ2n) is 1.55. The molecule has 0 heterocycles. The molecule has 0 amide bonds. The Bertz CT molecular complexity index is 232. The third kappa shape index (κ3) is 10.9. The number of rotatable bonds is 2. The zero-order valence-corrected chi connectivity index (χ0v) is 6.10. The van der Waals surface area contributed by atoms with Gasteiger partial charge in [0.05, 0.1) is 0 Å². The minimum Gasteiger partial charge on any atom is -0.478 e. The minimum absolute atomic E-state index is 0.178. The molecule has 0 spiro atoms. The summed E-state index contributed by atoms with van der Waals surface area (Å²) in [6.45, 7) is 1.22. The molecule has 0 unspecified atom stereocenters. The Morgan fingerprint density at radius 1 is 1.25 bits per heavy atom. The maximum absolute atomic E-state index is 9.90. The molecule has 2 N–H and O–H groups in total. The van der Waals surface area contributed by atoms with E-state index in [9.17, 15) is 9.59 Å². The predicted molar refractivity (Wildman–Crippen MR) is 34.0 cm³/mol. The third-order valence-corrected chi connectivity index (χ3v) is 0.677. The van der Waals surface area contributed by atoms with E-state index in [-0.39, 0.29) is 11.7 Å². The summed E-state index contributed by atoms with van der Waals surface area (Å²) in [5.41, 5.74) is -0.178. The topological polar surface area (TPSA) is 109 Å². The fraction of sp³-hybridized carbons (Fsp3) is 0.167. The average Bonchev–Trinajstić information content (AvgIpc) is 1.87. The van der Waals surface area contributed by atoms with E-state index in [4.69, 9.17) is 19.8 Å². The van der Waals surface area contributed by atoms with Crippen LogP contribution in [0.5, 0.6) is 0 Å². The van der Waals surface area contributed by atoms with Crippen molar-refractivity contribution in [3.8, 4) is 0 Å². The lowest BCUT2D eigenvalue weighted by atomic mass is 10.3. The first-order valence-corrected chi connectivity index (χ1v) is 2.59. The Morgan fingerprint density at radius 2 is 1.58 bits per heavy atom. The summed E-state index contributed by atoms with van der Waals surface area (Å²) in [5, 5.41) is 16.1. The molecule has 12 heavy (non-hydrogen) atoms. The van der Waals surface area contributed by atoms with Crippen LogP contribution in [0.4, 0.5) is 0 Å². The van der Waals surface area contributed by atoms with Gasteiger partial charge in [0.15, 0.2) is 0 Å². The number of carboxylic acid groups (broad SMARTS) is 2. The minimum atomic E-state index is -1.24. The van der Waals surface area contributed by atoms with Crippen molar-refractivity contribution in [1.29, 1.82) is 0 Å². The largest absolute Gasteiger partial charge is 0.478 e. The van der Waals surface area contributed by atoms with E-state index in [0.717, 1.165) is 0 Å². The first kappa shape index (κ1) is 12.7. The fourth-order valence-electron chi connectivity index (χ4n) is 0.247. The van der Waals surface area contributed by atoms with Gasteiger partial charge in [-0.3, -0.25) is 0 Å². The number of hydrogen-bond acceptors (Lipinski definition) is 4. The van der Waals surface area contributed by atoms with E-state index < -0.39 is 11.9 Å². The SMILES string of the molecule is C/C(=C\C(=O)O)C(=O)O.O=C=O. The molecule has 0 aromatic rings.